The summed E-state index contributed by atoms with van der Waals surface area (Å²) in [5, 5.41) is 17.5. The van der Waals surface area contributed by atoms with Crippen LogP contribution in [0.15, 0.2) is 4.63 Å². The monoisotopic (exact) mass is 195 g/mol. The zero-order chi connectivity index (χ0) is 10.6. The highest BCUT2D eigenvalue weighted by Gasteiger charge is 2.17. The number of anilines is 1. The van der Waals surface area contributed by atoms with Gasteiger partial charge in [-0.15, -0.1) is 0 Å². The van der Waals surface area contributed by atoms with Crippen LogP contribution < -0.4 is 11.1 Å². The first-order valence-electron chi connectivity index (χ1n) is 3.91. The number of carbonyl (C=O) groups excluding carboxylic acids is 1. The molecule has 0 radical (unpaired) electrons. The van der Waals surface area contributed by atoms with E-state index in [9.17, 15) is 4.79 Å². The zero-order valence-electron chi connectivity index (χ0n) is 7.52. The quantitative estimate of drug-likeness (QED) is 0.682. The van der Waals surface area contributed by atoms with Gasteiger partial charge in [-0.1, -0.05) is 0 Å². The van der Waals surface area contributed by atoms with Crippen molar-refractivity contribution in [2.45, 2.75) is 19.4 Å². The van der Waals surface area contributed by atoms with Gasteiger partial charge in [0.15, 0.2) is 0 Å². The van der Waals surface area contributed by atoms with E-state index < -0.39 is 5.91 Å². The van der Waals surface area contributed by atoms with Crippen LogP contribution in [0, 0.1) is 11.3 Å². The Bertz CT molecular complexity index is 366. The predicted molar refractivity (Wildman–Crippen MR) is 45.9 cm³/mol. The van der Waals surface area contributed by atoms with Crippen molar-refractivity contribution >= 4 is 11.7 Å². The van der Waals surface area contributed by atoms with Gasteiger partial charge in [-0.3, -0.25) is 4.79 Å². The zero-order valence-corrected chi connectivity index (χ0v) is 7.52. The average Bonchev–Trinajstić information content (AvgIpc) is 2.51. The number of hydrogen-bond acceptors (Lipinski definition) is 6. The van der Waals surface area contributed by atoms with Gasteiger partial charge in [-0.25, -0.2) is 4.63 Å². The fourth-order valence-electron chi connectivity index (χ4n) is 0.833. The van der Waals surface area contributed by atoms with Crippen molar-refractivity contribution in [1.29, 1.82) is 5.26 Å². The number of nitrogens with two attached hydrogens (primary N) is 1. The first-order chi connectivity index (χ1) is 6.65. The van der Waals surface area contributed by atoms with Crippen molar-refractivity contribution in [3.63, 3.8) is 0 Å². The van der Waals surface area contributed by atoms with E-state index in [0.717, 1.165) is 0 Å². The van der Waals surface area contributed by atoms with Crippen LogP contribution in [0.25, 0.3) is 0 Å². The smallest absolute Gasteiger partial charge is 0.277 e. The van der Waals surface area contributed by atoms with Crippen LogP contribution in [0.4, 0.5) is 5.82 Å². The highest BCUT2D eigenvalue weighted by Crippen LogP contribution is 2.04. The summed E-state index contributed by atoms with van der Waals surface area (Å²) in [6, 6.07) is 1.67. The lowest BCUT2D eigenvalue weighted by molar-refractivity contribution is 0.0931. The van der Waals surface area contributed by atoms with Crippen LogP contribution >= 0.6 is 0 Å². The minimum absolute atomic E-state index is 0.0604. The number of aromatic nitrogens is 2. The molecule has 7 heteroatoms. The van der Waals surface area contributed by atoms with Crippen LogP contribution in [0.2, 0.25) is 0 Å². The molecule has 0 aromatic carbocycles. The lowest BCUT2D eigenvalue weighted by atomic mass is 10.2. The second-order valence-electron chi connectivity index (χ2n) is 2.73. The highest BCUT2D eigenvalue weighted by atomic mass is 16.6. The molecule has 14 heavy (non-hydrogen) atoms. The molecule has 0 fully saturated rings. The minimum Gasteiger partial charge on any atom is -0.379 e. The number of nitrogens with one attached hydrogen (secondary N) is 1. The van der Waals surface area contributed by atoms with Crippen molar-refractivity contribution in [2.75, 3.05) is 5.73 Å². The number of carbonyl (C=O) groups is 1. The Morgan fingerprint density at radius 3 is 3.00 bits per heavy atom. The molecule has 1 aromatic heterocycles. The average molecular weight is 195 g/mol. The summed E-state index contributed by atoms with van der Waals surface area (Å²) in [5.41, 5.74) is 5.24. The highest BCUT2D eigenvalue weighted by molar-refractivity contribution is 5.96. The first-order valence-corrected chi connectivity index (χ1v) is 3.91. The molecule has 0 saturated heterocycles. The van der Waals surface area contributed by atoms with Crippen molar-refractivity contribution in [3.05, 3.63) is 5.69 Å². The molecular weight excluding hydrogens is 186 g/mol. The molecule has 3 N–H and O–H groups in total. The van der Waals surface area contributed by atoms with Crippen LogP contribution in [0.5, 0.6) is 0 Å². The van der Waals surface area contributed by atoms with Gasteiger partial charge < -0.3 is 11.1 Å². The fraction of sp³-hybridized carbons (Fsp3) is 0.429. The van der Waals surface area contributed by atoms with E-state index in [4.69, 9.17) is 11.0 Å². The maximum absolute atomic E-state index is 11.3. The summed E-state index contributed by atoms with van der Waals surface area (Å²) in [6.45, 7) is 1.70. The maximum Gasteiger partial charge on any atom is 0.277 e. The van der Waals surface area contributed by atoms with E-state index in [-0.39, 0.29) is 24.0 Å². The summed E-state index contributed by atoms with van der Waals surface area (Å²) in [5.74, 6) is -0.557. The molecular formula is C7H9N5O2. The molecule has 0 aliphatic rings. The van der Waals surface area contributed by atoms with Gasteiger partial charge in [-0.2, -0.15) is 5.26 Å². The molecule has 7 nitrogen and oxygen atoms in total. The second-order valence-corrected chi connectivity index (χ2v) is 2.73. The third kappa shape index (κ3) is 2.20. The van der Waals surface area contributed by atoms with Crippen LogP contribution in [0.1, 0.15) is 23.8 Å². The Morgan fingerprint density at radius 1 is 1.79 bits per heavy atom. The van der Waals surface area contributed by atoms with E-state index in [0.29, 0.717) is 0 Å². The largest absolute Gasteiger partial charge is 0.379 e. The van der Waals surface area contributed by atoms with E-state index in [1.54, 1.807) is 6.92 Å². The van der Waals surface area contributed by atoms with E-state index in [1.165, 1.54) is 0 Å². The van der Waals surface area contributed by atoms with E-state index in [2.05, 4.69) is 20.3 Å². The number of nitrogens with zero attached hydrogens (tertiary/aromatic N) is 3. The van der Waals surface area contributed by atoms with Gasteiger partial charge >= 0.3 is 0 Å². The van der Waals surface area contributed by atoms with Crippen molar-refractivity contribution in [1.82, 2.24) is 15.6 Å². The minimum atomic E-state index is -0.494. The van der Waals surface area contributed by atoms with E-state index in [1.807, 2.05) is 6.07 Å². The lowest BCUT2D eigenvalue weighted by Crippen LogP contribution is -2.32. The number of rotatable bonds is 3. The summed E-state index contributed by atoms with van der Waals surface area (Å²) >= 11 is 0. The molecule has 0 aliphatic heterocycles. The van der Waals surface area contributed by atoms with Crippen molar-refractivity contribution in [2.24, 2.45) is 0 Å². The van der Waals surface area contributed by atoms with Crippen molar-refractivity contribution in [3.8, 4) is 6.07 Å². The molecule has 1 aromatic rings. The fourth-order valence-corrected chi connectivity index (χ4v) is 0.833. The van der Waals surface area contributed by atoms with E-state index >= 15 is 0 Å². The second kappa shape index (κ2) is 4.23. The molecule has 0 aliphatic carbocycles. The summed E-state index contributed by atoms with van der Waals surface area (Å²) in [4.78, 5) is 11.3. The lowest BCUT2D eigenvalue weighted by Gasteiger charge is -2.07. The summed E-state index contributed by atoms with van der Waals surface area (Å²) in [7, 11) is 0. The molecule has 1 rings (SSSR count). The van der Waals surface area contributed by atoms with Gasteiger partial charge in [0.05, 0.1) is 12.5 Å². The maximum atomic E-state index is 11.3. The number of nitrogen functional groups attached to an aromatic ring is 1. The van der Waals surface area contributed by atoms with Gasteiger partial charge in [-0.05, 0) is 17.2 Å². The molecule has 0 spiro atoms. The number of amides is 1. The Balaban J connectivity index is 2.60. The predicted octanol–water partition coefficient (Wildman–Crippen LogP) is -0.316. The molecule has 0 saturated carbocycles. The van der Waals surface area contributed by atoms with Gasteiger partial charge in [0.25, 0.3) is 5.91 Å². The SMILES string of the molecule is CC(CC#N)NC(=O)c1nonc1N. The first kappa shape index (κ1) is 9.98. The Kier molecular flexibility index (Phi) is 3.01. The Hall–Kier alpha value is -2.10. The van der Waals surface area contributed by atoms with Gasteiger partial charge in [0.2, 0.25) is 11.5 Å². The topological polar surface area (TPSA) is 118 Å². The molecule has 1 unspecified atom stereocenters. The number of nitriles is 1. The third-order valence-corrected chi connectivity index (χ3v) is 1.50. The summed E-state index contributed by atoms with van der Waals surface area (Å²) in [6.07, 6.45) is 0.219. The Morgan fingerprint density at radius 2 is 2.50 bits per heavy atom. The van der Waals surface area contributed by atoms with Gasteiger partial charge in [0, 0.05) is 6.04 Å². The third-order valence-electron chi connectivity index (χ3n) is 1.50. The van der Waals surface area contributed by atoms with Crippen LogP contribution in [0.3, 0.4) is 0 Å². The Labute approximate surface area is 79.8 Å². The standard InChI is InChI=1S/C7H9N5O2/c1-4(2-3-8)10-7(13)5-6(9)12-14-11-5/h4H,2H2,1H3,(H2,9,12)(H,10,13). The van der Waals surface area contributed by atoms with Crippen molar-refractivity contribution < 1.29 is 9.42 Å². The molecule has 1 heterocycles. The van der Waals surface area contributed by atoms with Crippen LogP contribution in [-0.4, -0.2) is 22.3 Å². The number of hydrogen-bond donors (Lipinski definition) is 2. The molecule has 0 bridgehead atoms. The van der Waals surface area contributed by atoms with Gasteiger partial charge in [0.1, 0.15) is 0 Å². The summed E-state index contributed by atoms with van der Waals surface area (Å²) < 4.78 is 4.26. The molecule has 74 valence electrons. The van der Waals surface area contributed by atoms with Crippen LogP contribution in [-0.2, 0) is 0 Å². The normalized spacial score (nSPS) is 11.7. The molecule has 1 atom stereocenters. The molecule has 1 amide bonds.